The maximum absolute atomic E-state index is 13.3. The smallest absolute Gasteiger partial charge is 0.329 e. The Balaban J connectivity index is 1.32. The minimum absolute atomic E-state index is 0.0217. The predicted octanol–water partition coefficient (Wildman–Crippen LogP) is 7.54. The lowest BCUT2D eigenvalue weighted by atomic mass is 9.89. The van der Waals surface area contributed by atoms with Crippen LogP contribution in [0.3, 0.4) is 0 Å². The summed E-state index contributed by atoms with van der Waals surface area (Å²) in [6.07, 6.45) is 2.43. The van der Waals surface area contributed by atoms with E-state index in [0.717, 1.165) is 49.1 Å². The number of amides is 1. The number of imidazole rings is 1. The lowest BCUT2D eigenvalue weighted by Gasteiger charge is -2.33. The number of likely N-dealkylation sites (tertiary alicyclic amines) is 1. The Bertz CT molecular complexity index is 1760. The first kappa shape index (κ1) is 33.4. The molecular weight excluding hydrogens is 656 g/mol. The summed E-state index contributed by atoms with van der Waals surface area (Å²) < 4.78 is 3.68. The summed E-state index contributed by atoms with van der Waals surface area (Å²) in [6.45, 7) is 2.67. The Hall–Kier alpha value is -3.01. The van der Waals surface area contributed by atoms with E-state index in [9.17, 15) is 9.59 Å². The van der Waals surface area contributed by atoms with Gasteiger partial charge in [-0.2, -0.15) is 0 Å². The molecule has 1 amide bonds. The molecule has 45 heavy (non-hydrogen) atoms. The lowest BCUT2D eigenvalue weighted by Crippen LogP contribution is -2.39. The van der Waals surface area contributed by atoms with Gasteiger partial charge in [0.25, 0.3) is 5.91 Å². The summed E-state index contributed by atoms with van der Waals surface area (Å²) in [6, 6.07) is 18.4. The Morgan fingerprint density at radius 2 is 1.64 bits per heavy atom. The van der Waals surface area contributed by atoms with E-state index in [2.05, 4.69) is 10.1 Å². The van der Waals surface area contributed by atoms with Crippen molar-refractivity contribution in [2.24, 2.45) is 12.2 Å². The molecule has 0 saturated carbocycles. The van der Waals surface area contributed by atoms with Gasteiger partial charge >= 0.3 is 5.69 Å². The molecule has 0 N–H and O–H groups in total. The first-order valence-corrected chi connectivity index (χ1v) is 16.2. The Labute approximate surface area is 282 Å². The summed E-state index contributed by atoms with van der Waals surface area (Å²) in [5.74, 6) is -0.460. The number of rotatable bonds is 10. The number of oxime groups is 1. The van der Waals surface area contributed by atoms with Gasteiger partial charge in [0.05, 0.1) is 33.3 Å². The molecule has 12 heteroatoms. The van der Waals surface area contributed by atoms with Gasteiger partial charge in [-0.3, -0.25) is 13.9 Å². The normalized spacial score (nSPS) is 15.4. The molecule has 4 aromatic rings. The van der Waals surface area contributed by atoms with Crippen LogP contribution in [0.25, 0.3) is 11.0 Å². The van der Waals surface area contributed by atoms with Crippen molar-refractivity contribution in [3.63, 3.8) is 0 Å². The molecule has 1 aliphatic rings. The SMILES string of the molecule is CO/N=C(/CN(C)C(=O)c1cc(Cl)cc(Cl)c1)[C@H](CCN1CCC(n2c(=O)n(C)c3ccccc32)CC1)c1ccc(Cl)c(Cl)c1. The highest BCUT2D eigenvalue weighted by molar-refractivity contribution is 6.42. The van der Waals surface area contributed by atoms with Gasteiger partial charge < -0.3 is 14.6 Å². The van der Waals surface area contributed by atoms with Crippen LogP contribution in [-0.4, -0.2) is 70.9 Å². The number of halogens is 4. The average molecular weight is 691 g/mol. The zero-order chi connectivity index (χ0) is 32.2. The van der Waals surface area contributed by atoms with Crippen LogP contribution >= 0.6 is 46.4 Å². The van der Waals surface area contributed by atoms with E-state index < -0.39 is 0 Å². The molecule has 1 atom stereocenters. The van der Waals surface area contributed by atoms with Gasteiger partial charge in [0.1, 0.15) is 7.11 Å². The fraction of sp³-hybridized carbons (Fsp3) is 0.364. The first-order valence-electron chi connectivity index (χ1n) is 14.7. The van der Waals surface area contributed by atoms with Crippen LogP contribution in [0.2, 0.25) is 20.1 Å². The van der Waals surface area contributed by atoms with E-state index in [0.29, 0.717) is 37.8 Å². The first-order chi connectivity index (χ1) is 21.6. The maximum Gasteiger partial charge on any atom is 0.329 e. The molecular formula is C33H35Cl4N5O3. The molecule has 3 aromatic carbocycles. The van der Waals surface area contributed by atoms with Crippen molar-refractivity contribution in [3.8, 4) is 0 Å². The molecule has 2 heterocycles. The van der Waals surface area contributed by atoms with Gasteiger partial charge in [0.2, 0.25) is 0 Å². The molecule has 1 aliphatic heterocycles. The standard InChI is InChI=1S/C33H35Cl4N5O3/c1-39(32(43)22-16-23(34)19-24(35)17-22)20-29(38-45-3)26(21-8-9-27(36)28(37)18-21)12-15-41-13-10-25(11-14-41)42-31-7-5-4-6-30(31)40(2)33(42)44/h4-9,16-19,25-26H,10-15,20H2,1-3H3/b38-29-/t26-/m1/s1. The largest absolute Gasteiger partial charge is 0.399 e. The third kappa shape index (κ3) is 7.53. The highest BCUT2D eigenvalue weighted by atomic mass is 35.5. The van der Waals surface area contributed by atoms with Crippen molar-refractivity contribution in [2.75, 3.05) is 40.3 Å². The van der Waals surface area contributed by atoms with Gasteiger partial charge in [0.15, 0.2) is 0 Å². The van der Waals surface area contributed by atoms with E-state index in [1.54, 1.807) is 40.8 Å². The van der Waals surface area contributed by atoms with Crippen molar-refractivity contribution in [2.45, 2.75) is 31.2 Å². The zero-order valence-electron chi connectivity index (χ0n) is 25.4. The summed E-state index contributed by atoms with van der Waals surface area (Å²) in [5, 5.41) is 6.06. The van der Waals surface area contributed by atoms with Gasteiger partial charge in [-0.15, -0.1) is 0 Å². The molecule has 1 saturated heterocycles. The zero-order valence-corrected chi connectivity index (χ0v) is 28.4. The second-order valence-electron chi connectivity index (χ2n) is 11.4. The van der Waals surface area contributed by atoms with E-state index in [1.165, 1.54) is 7.11 Å². The van der Waals surface area contributed by atoms with E-state index >= 15 is 0 Å². The number of para-hydroxylation sites is 2. The molecule has 0 spiro atoms. The highest BCUT2D eigenvalue weighted by Gasteiger charge is 2.28. The highest BCUT2D eigenvalue weighted by Crippen LogP contribution is 2.31. The van der Waals surface area contributed by atoms with Gasteiger partial charge in [0, 0.05) is 54.8 Å². The fourth-order valence-corrected chi connectivity index (χ4v) is 7.00. The molecule has 1 fully saturated rings. The molecule has 0 aliphatic carbocycles. The van der Waals surface area contributed by atoms with Crippen LogP contribution in [-0.2, 0) is 11.9 Å². The number of hydrogen-bond acceptors (Lipinski definition) is 5. The van der Waals surface area contributed by atoms with Crippen LogP contribution in [0, 0.1) is 0 Å². The van der Waals surface area contributed by atoms with Gasteiger partial charge in [-0.05, 0) is 73.8 Å². The monoisotopic (exact) mass is 689 g/mol. The van der Waals surface area contributed by atoms with E-state index in [4.69, 9.17) is 51.2 Å². The molecule has 1 aromatic heterocycles. The number of aromatic nitrogens is 2. The molecule has 238 valence electrons. The summed E-state index contributed by atoms with van der Waals surface area (Å²) in [5.41, 5.74) is 3.91. The van der Waals surface area contributed by atoms with E-state index in [1.807, 2.05) is 48.0 Å². The molecule has 0 radical (unpaired) electrons. The van der Waals surface area contributed by atoms with Gasteiger partial charge in [-0.25, -0.2) is 4.79 Å². The van der Waals surface area contributed by atoms with Crippen LogP contribution in [0.1, 0.15) is 47.1 Å². The predicted molar refractivity (Wildman–Crippen MR) is 184 cm³/mol. The van der Waals surface area contributed by atoms with Crippen molar-refractivity contribution in [3.05, 3.63) is 102 Å². The molecule has 0 unspecified atom stereocenters. The number of benzene rings is 3. The number of fused-ring (bicyclic) bond motifs is 1. The summed E-state index contributed by atoms with van der Waals surface area (Å²) in [7, 11) is 5.02. The molecule has 5 rings (SSSR count). The minimum Gasteiger partial charge on any atom is -0.399 e. The van der Waals surface area contributed by atoms with Crippen LogP contribution in [0.4, 0.5) is 0 Å². The fourth-order valence-electron chi connectivity index (χ4n) is 6.17. The van der Waals surface area contributed by atoms with Crippen LogP contribution in [0.5, 0.6) is 0 Å². The maximum atomic E-state index is 13.3. The molecule has 8 nitrogen and oxygen atoms in total. The average Bonchev–Trinajstić information content (AvgIpc) is 3.27. The number of carbonyl (C=O) groups excluding carboxylic acids is 1. The second kappa shape index (κ2) is 14.6. The number of aryl methyl sites for hydroxylation is 1. The molecule has 0 bridgehead atoms. The summed E-state index contributed by atoms with van der Waals surface area (Å²) >= 11 is 25.0. The number of piperidine rings is 1. The number of hydrogen-bond donors (Lipinski definition) is 0. The van der Waals surface area contributed by atoms with Crippen molar-refractivity contribution in [1.29, 1.82) is 0 Å². The Morgan fingerprint density at radius 1 is 0.978 bits per heavy atom. The van der Waals surface area contributed by atoms with Crippen LogP contribution < -0.4 is 5.69 Å². The number of nitrogens with zero attached hydrogens (tertiary/aromatic N) is 5. The lowest BCUT2D eigenvalue weighted by molar-refractivity contribution is 0.0812. The minimum atomic E-state index is -0.248. The summed E-state index contributed by atoms with van der Waals surface area (Å²) in [4.78, 5) is 35.7. The Morgan fingerprint density at radius 3 is 2.29 bits per heavy atom. The van der Waals surface area contributed by atoms with Crippen molar-refractivity contribution in [1.82, 2.24) is 18.9 Å². The third-order valence-electron chi connectivity index (χ3n) is 8.46. The van der Waals surface area contributed by atoms with E-state index in [-0.39, 0.29) is 30.1 Å². The second-order valence-corrected chi connectivity index (χ2v) is 13.1. The Kier molecular flexibility index (Phi) is 10.8. The van der Waals surface area contributed by atoms with Crippen LogP contribution in [0.15, 0.2) is 70.6 Å². The van der Waals surface area contributed by atoms with Crippen molar-refractivity contribution < 1.29 is 9.63 Å². The third-order valence-corrected chi connectivity index (χ3v) is 9.64. The van der Waals surface area contributed by atoms with Gasteiger partial charge in [-0.1, -0.05) is 69.8 Å². The quantitative estimate of drug-likeness (QED) is 0.127. The number of carbonyl (C=O) groups is 1. The van der Waals surface area contributed by atoms with Crippen molar-refractivity contribution >= 4 is 69.1 Å². The topological polar surface area (TPSA) is 72.1 Å².